The van der Waals surface area contributed by atoms with Gasteiger partial charge in [-0.2, -0.15) is 0 Å². The normalized spacial score (nSPS) is 11.8. The van der Waals surface area contributed by atoms with Gasteiger partial charge in [0.1, 0.15) is 11.0 Å². The molecule has 0 unspecified atom stereocenters. The minimum Gasteiger partial charge on any atom is -0.469 e. The highest BCUT2D eigenvalue weighted by Crippen LogP contribution is 2.37. The summed E-state index contributed by atoms with van der Waals surface area (Å²) in [7, 11) is 0. The van der Waals surface area contributed by atoms with Crippen molar-refractivity contribution in [2.45, 2.75) is 24.3 Å². The number of anilines is 1. The number of thioether (sulfide) groups is 1. The summed E-state index contributed by atoms with van der Waals surface area (Å²) in [6.45, 7) is 3.29. The smallest absolute Gasteiger partial charge is 0.277 e. The molecule has 0 fully saturated rings. The van der Waals surface area contributed by atoms with Gasteiger partial charge in [-0.05, 0) is 49.4 Å². The molecule has 31 heavy (non-hydrogen) atoms. The summed E-state index contributed by atoms with van der Waals surface area (Å²) in [5.74, 6) is 0.659. The molecule has 156 valence electrons. The number of nitrogens with one attached hydrogen (secondary N) is 1. The average Bonchev–Trinajstić information content (AvgIpc) is 3.41. The van der Waals surface area contributed by atoms with Gasteiger partial charge in [-0.3, -0.25) is 9.59 Å². The van der Waals surface area contributed by atoms with Gasteiger partial charge in [0.15, 0.2) is 5.78 Å². The number of hydrogen-bond acceptors (Lipinski definition) is 7. The maximum atomic E-state index is 13.2. The summed E-state index contributed by atoms with van der Waals surface area (Å²) in [5.41, 5.74) is 2.56. The van der Waals surface area contributed by atoms with E-state index >= 15 is 0 Å². The van der Waals surface area contributed by atoms with Crippen LogP contribution < -0.4 is 5.32 Å². The Morgan fingerprint density at radius 1 is 1.03 bits per heavy atom. The van der Waals surface area contributed by atoms with Crippen molar-refractivity contribution in [3.05, 3.63) is 83.8 Å². The van der Waals surface area contributed by atoms with E-state index < -0.39 is 5.25 Å². The number of aryl methyl sites for hydroxylation is 1. The van der Waals surface area contributed by atoms with Gasteiger partial charge in [-0.25, -0.2) is 0 Å². The second kappa shape index (κ2) is 9.01. The zero-order valence-corrected chi connectivity index (χ0v) is 17.7. The Morgan fingerprint density at radius 2 is 1.84 bits per heavy atom. The second-order valence-corrected chi connectivity index (χ2v) is 7.85. The van der Waals surface area contributed by atoms with Crippen molar-refractivity contribution >= 4 is 29.1 Å². The number of hydrogen-bond donors (Lipinski definition) is 1. The van der Waals surface area contributed by atoms with Crippen LogP contribution in [0.1, 0.15) is 33.9 Å². The van der Waals surface area contributed by atoms with Crippen molar-refractivity contribution < 1.29 is 18.4 Å². The molecule has 0 aliphatic heterocycles. The molecule has 2 aromatic carbocycles. The van der Waals surface area contributed by atoms with E-state index in [0.717, 1.165) is 17.3 Å². The van der Waals surface area contributed by atoms with E-state index in [9.17, 15) is 9.59 Å². The highest BCUT2D eigenvalue weighted by atomic mass is 32.2. The van der Waals surface area contributed by atoms with Crippen LogP contribution in [0.15, 0.2) is 81.0 Å². The molecular formula is C23H19N3O4S. The third-order valence-electron chi connectivity index (χ3n) is 4.59. The number of amides is 1. The average molecular weight is 433 g/mol. The number of ketones is 1. The Morgan fingerprint density at radius 3 is 2.55 bits per heavy atom. The largest absolute Gasteiger partial charge is 0.469 e. The molecule has 0 spiro atoms. The molecule has 4 rings (SSSR count). The third kappa shape index (κ3) is 4.75. The van der Waals surface area contributed by atoms with Crippen LogP contribution in [0.25, 0.3) is 11.5 Å². The summed E-state index contributed by atoms with van der Waals surface area (Å²) >= 11 is 1.15. The number of rotatable bonds is 7. The van der Waals surface area contributed by atoms with Gasteiger partial charge in [-0.15, -0.1) is 10.2 Å². The van der Waals surface area contributed by atoms with Gasteiger partial charge in [0.2, 0.25) is 5.91 Å². The summed E-state index contributed by atoms with van der Waals surface area (Å²) in [5, 5.41) is 10.7. The fourth-order valence-electron chi connectivity index (χ4n) is 3.00. The van der Waals surface area contributed by atoms with Crippen LogP contribution in [-0.2, 0) is 4.79 Å². The Labute approximate surface area is 182 Å². The van der Waals surface area contributed by atoms with E-state index in [1.54, 1.807) is 36.6 Å². The standard InChI is InChI=1S/C23H19N3O4S/c1-14(27)17-9-6-10-18(13-17)24-21(28)20(16-7-4-3-5-8-16)31-23-26-25-22(30-23)19-11-12-29-15(19)2/h3-13,20H,1-2H3,(H,24,28)/t20-/m1/s1. The van der Waals surface area contributed by atoms with Crippen LogP contribution in [0.5, 0.6) is 0 Å². The highest BCUT2D eigenvalue weighted by Gasteiger charge is 2.26. The first-order valence-electron chi connectivity index (χ1n) is 9.52. The van der Waals surface area contributed by atoms with Crippen molar-refractivity contribution in [2.24, 2.45) is 0 Å². The number of furan rings is 1. The van der Waals surface area contributed by atoms with Gasteiger partial charge < -0.3 is 14.2 Å². The van der Waals surface area contributed by atoms with Crippen molar-refractivity contribution in [2.75, 3.05) is 5.32 Å². The molecule has 0 radical (unpaired) electrons. The van der Waals surface area contributed by atoms with E-state index in [1.807, 2.05) is 37.3 Å². The Hall–Kier alpha value is -3.65. The number of Topliss-reactive ketones (excluding diaryl/α,β-unsaturated/α-hetero) is 1. The van der Waals surface area contributed by atoms with Gasteiger partial charge in [0.05, 0.1) is 11.8 Å². The van der Waals surface area contributed by atoms with E-state index in [4.69, 9.17) is 8.83 Å². The first-order valence-corrected chi connectivity index (χ1v) is 10.4. The van der Waals surface area contributed by atoms with Crippen LogP contribution in [0, 0.1) is 6.92 Å². The summed E-state index contributed by atoms with van der Waals surface area (Å²) in [6.07, 6.45) is 1.55. The lowest BCUT2D eigenvalue weighted by Crippen LogP contribution is -2.19. The van der Waals surface area contributed by atoms with Crippen molar-refractivity contribution in [1.29, 1.82) is 0 Å². The van der Waals surface area contributed by atoms with E-state index in [1.165, 1.54) is 6.92 Å². The zero-order valence-electron chi connectivity index (χ0n) is 16.9. The number of carbonyl (C=O) groups is 2. The maximum Gasteiger partial charge on any atom is 0.277 e. The Balaban J connectivity index is 1.59. The molecular weight excluding hydrogens is 414 g/mol. The van der Waals surface area contributed by atoms with Gasteiger partial charge in [-0.1, -0.05) is 42.5 Å². The van der Waals surface area contributed by atoms with E-state index in [-0.39, 0.29) is 16.9 Å². The van der Waals surface area contributed by atoms with Crippen molar-refractivity contribution in [3.8, 4) is 11.5 Å². The first-order chi connectivity index (χ1) is 15.0. The number of carbonyl (C=O) groups excluding carboxylic acids is 2. The molecule has 0 aliphatic carbocycles. The molecule has 0 aliphatic rings. The molecule has 1 amide bonds. The fraction of sp³-hybridized carbons (Fsp3) is 0.130. The van der Waals surface area contributed by atoms with E-state index in [2.05, 4.69) is 15.5 Å². The highest BCUT2D eigenvalue weighted by molar-refractivity contribution is 8.00. The Bertz CT molecular complexity index is 1220. The fourth-order valence-corrected chi connectivity index (χ4v) is 3.87. The summed E-state index contributed by atoms with van der Waals surface area (Å²) in [6, 6.07) is 17.9. The first kappa shape index (κ1) is 20.6. The van der Waals surface area contributed by atoms with Gasteiger partial charge in [0.25, 0.3) is 11.1 Å². The molecule has 0 saturated carbocycles. The predicted octanol–water partition coefficient (Wildman–Crippen LogP) is 5.31. The molecule has 1 atom stereocenters. The summed E-state index contributed by atoms with van der Waals surface area (Å²) < 4.78 is 11.1. The molecule has 0 saturated heterocycles. The quantitative estimate of drug-likeness (QED) is 0.311. The Kier molecular flexibility index (Phi) is 5.99. The summed E-state index contributed by atoms with van der Waals surface area (Å²) in [4.78, 5) is 24.8. The lowest BCUT2D eigenvalue weighted by molar-refractivity contribution is -0.115. The minimum atomic E-state index is -0.638. The second-order valence-electron chi connectivity index (χ2n) is 6.80. The lowest BCUT2D eigenvalue weighted by atomic mass is 10.1. The monoisotopic (exact) mass is 433 g/mol. The van der Waals surface area contributed by atoms with E-state index in [0.29, 0.717) is 28.5 Å². The molecule has 7 nitrogen and oxygen atoms in total. The van der Waals surface area contributed by atoms with Crippen LogP contribution in [0.2, 0.25) is 0 Å². The van der Waals surface area contributed by atoms with Crippen LogP contribution in [0.4, 0.5) is 5.69 Å². The van der Waals surface area contributed by atoms with Crippen molar-refractivity contribution in [3.63, 3.8) is 0 Å². The third-order valence-corrected chi connectivity index (χ3v) is 5.68. The SMILES string of the molecule is CC(=O)c1cccc(NC(=O)[C@H](Sc2nnc(-c3ccoc3C)o2)c2ccccc2)c1. The number of nitrogens with zero attached hydrogens (tertiary/aromatic N) is 2. The predicted molar refractivity (Wildman–Crippen MR) is 117 cm³/mol. The molecule has 2 aromatic heterocycles. The van der Waals surface area contributed by atoms with Gasteiger partial charge in [0, 0.05) is 11.3 Å². The molecule has 8 heteroatoms. The number of aromatic nitrogens is 2. The number of benzene rings is 2. The molecule has 1 N–H and O–H groups in total. The van der Waals surface area contributed by atoms with Crippen LogP contribution >= 0.6 is 11.8 Å². The maximum absolute atomic E-state index is 13.2. The lowest BCUT2D eigenvalue weighted by Gasteiger charge is -2.15. The molecule has 0 bridgehead atoms. The molecule has 2 heterocycles. The zero-order chi connectivity index (χ0) is 21.8. The topological polar surface area (TPSA) is 98.2 Å². The van der Waals surface area contributed by atoms with Crippen molar-refractivity contribution in [1.82, 2.24) is 10.2 Å². The molecule has 4 aromatic rings. The minimum absolute atomic E-state index is 0.0713. The van der Waals surface area contributed by atoms with Crippen LogP contribution in [0.3, 0.4) is 0 Å². The van der Waals surface area contributed by atoms with Gasteiger partial charge >= 0.3 is 0 Å². The van der Waals surface area contributed by atoms with Crippen LogP contribution in [-0.4, -0.2) is 21.9 Å².